The number of carbonyl (C=O) groups excluding carboxylic acids is 2. The summed E-state index contributed by atoms with van der Waals surface area (Å²) in [5.41, 5.74) is 1.01. The summed E-state index contributed by atoms with van der Waals surface area (Å²) in [4.78, 5) is 23.5. The molecule has 1 amide bonds. The van der Waals surface area contributed by atoms with Crippen LogP contribution in [0, 0.1) is 5.82 Å². The smallest absolute Gasteiger partial charge is 0.331 e. The molecule has 0 spiro atoms. The molecule has 0 aromatic heterocycles. The van der Waals surface area contributed by atoms with Gasteiger partial charge in [-0.05, 0) is 36.8 Å². The highest BCUT2D eigenvalue weighted by molar-refractivity contribution is 6.42. The van der Waals surface area contributed by atoms with Gasteiger partial charge in [0.1, 0.15) is 5.82 Å². The lowest BCUT2D eigenvalue weighted by molar-refractivity contribution is -0.144. The van der Waals surface area contributed by atoms with Crippen molar-refractivity contribution in [2.45, 2.75) is 13.0 Å². The SMILES string of the molecule is C[C@H](NC(=O)COC(=O)/C=C/c1ccccc1F)c1ccc(Cl)c(Cl)c1. The fourth-order valence-corrected chi connectivity index (χ4v) is 2.41. The molecule has 0 aliphatic heterocycles. The molecule has 2 aromatic carbocycles. The van der Waals surface area contributed by atoms with Crippen molar-refractivity contribution in [2.75, 3.05) is 6.61 Å². The Bertz CT molecular complexity index is 839. The van der Waals surface area contributed by atoms with E-state index < -0.39 is 24.3 Å². The number of halogens is 3. The van der Waals surface area contributed by atoms with Crippen LogP contribution in [0.3, 0.4) is 0 Å². The van der Waals surface area contributed by atoms with Gasteiger partial charge < -0.3 is 10.1 Å². The van der Waals surface area contributed by atoms with E-state index in [1.54, 1.807) is 37.3 Å². The molecule has 26 heavy (non-hydrogen) atoms. The Labute approximate surface area is 160 Å². The van der Waals surface area contributed by atoms with Gasteiger partial charge in [0, 0.05) is 11.6 Å². The number of hydrogen-bond donors (Lipinski definition) is 1. The molecule has 1 atom stereocenters. The maximum Gasteiger partial charge on any atom is 0.331 e. The molecule has 0 aliphatic rings. The van der Waals surface area contributed by atoms with E-state index in [0.717, 1.165) is 11.6 Å². The molecule has 0 saturated carbocycles. The Balaban J connectivity index is 1.83. The number of amides is 1. The lowest BCUT2D eigenvalue weighted by Gasteiger charge is -2.14. The fraction of sp³-hybridized carbons (Fsp3) is 0.158. The zero-order chi connectivity index (χ0) is 19.1. The van der Waals surface area contributed by atoms with Crippen molar-refractivity contribution < 1.29 is 18.7 Å². The van der Waals surface area contributed by atoms with Crippen LogP contribution in [0.2, 0.25) is 10.0 Å². The summed E-state index contributed by atoms with van der Waals surface area (Å²) in [7, 11) is 0. The van der Waals surface area contributed by atoms with E-state index in [4.69, 9.17) is 27.9 Å². The Morgan fingerprint density at radius 3 is 2.62 bits per heavy atom. The first-order valence-corrected chi connectivity index (χ1v) is 8.46. The Morgan fingerprint density at radius 2 is 1.92 bits per heavy atom. The van der Waals surface area contributed by atoms with E-state index in [1.807, 2.05) is 0 Å². The number of benzene rings is 2. The van der Waals surface area contributed by atoms with Gasteiger partial charge in [-0.2, -0.15) is 0 Å². The summed E-state index contributed by atoms with van der Waals surface area (Å²) in [5.74, 6) is -1.67. The highest BCUT2D eigenvalue weighted by Crippen LogP contribution is 2.25. The van der Waals surface area contributed by atoms with Gasteiger partial charge in [0.25, 0.3) is 5.91 Å². The molecule has 0 fully saturated rings. The van der Waals surface area contributed by atoms with Crippen molar-refractivity contribution in [3.8, 4) is 0 Å². The van der Waals surface area contributed by atoms with E-state index in [2.05, 4.69) is 5.32 Å². The van der Waals surface area contributed by atoms with E-state index in [-0.39, 0.29) is 11.6 Å². The average molecular weight is 396 g/mol. The maximum atomic E-state index is 13.4. The minimum atomic E-state index is -0.745. The van der Waals surface area contributed by atoms with Gasteiger partial charge in [-0.25, -0.2) is 9.18 Å². The zero-order valence-corrected chi connectivity index (χ0v) is 15.4. The van der Waals surface area contributed by atoms with Gasteiger partial charge in [0.2, 0.25) is 0 Å². The minimum Gasteiger partial charge on any atom is -0.452 e. The van der Waals surface area contributed by atoms with E-state index in [9.17, 15) is 14.0 Å². The third kappa shape index (κ3) is 5.86. The van der Waals surface area contributed by atoms with Crippen molar-refractivity contribution in [3.63, 3.8) is 0 Å². The quantitative estimate of drug-likeness (QED) is 0.575. The molecule has 0 heterocycles. The number of ether oxygens (including phenoxy) is 1. The summed E-state index contributed by atoms with van der Waals surface area (Å²) in [6.07, 6.45) is 2.35. The van der Waals surface area contributed by atoms with Crippen LogP contribution in [0.15, 0.2) is 48.5 Å². The third-order valence-electron chi connectivity index (χ3n) is 3.47. The molecular weight excluding hydrogens is 380 g/mol. The number of esters is 1. The summed E-state index contributed by atoms with van der Waals surface area (Å²) < 4.78 is 18.3. The van der Waals surface area contributed by atoms with Gasteiger partial charge in [0.15, 0.2) is 6.61 Å². The van der Waals surface area contributed by atoms with Crippen LogP contribution in [0.4, 0.5) is 4.39 Å². The first-order chi connectivity index (χ1) is 12.4. The van der Waals surface area contributed by atoms with Gasteiger partial charge in [0.05, 0.1) is 16.1 Å². The fourth-order valence-electron chi connectivity index (χ4n) is 2.10. The van der Waals surface area contributed by atoms with Crippen molar-refractivity contribution >= 4 is 41.2 Å². The first-order valence-electron chi connectivity index (χ1n) is 7.70. The van der Waals surface area contributed by atoms with Crippen molar-refractivity contribution in [3.05, 3.63) is 75.5 Å². The van der Waals surface area contributed by atoms with Crippen molar-refractivity contribution in [2.24, 2.45) is 0 Å². The Morgan fingerprint density at radius 1 is 1.19 bits per heavy atom. The minimum absolute atomic E-state index is 0.252. The molecule has 0 aliphatic carbocycles. The molecule has 2 rings (SSSR count). The monoisotopic (exact) mass is 395 g/mol. The van der Waals surface area contributed by atoms with Gasteiger partial charge in [-0.1, -0.05) is 47.5 Å². The highest BCUT2D eigenvalue weighted by atomic mass is 35.5. The van der Waals surface area contributed by atoms with Crippen LogP contribution >= 0.6 is 23.2 Å². The maximum absolute atomic E-state index is 13.4. The van der Waals surface area contributed by atoms with E-state index in [0.29, 0.717) is 10.0 Å². The van der Waals surface area contributed by atoms with Gasteiger partial charge in [-0.3, -0.25) is 4.79 Å². The second-order valence-corrected chi connectivity index (χ2v) is 6.24. The second kappa shape index (κ2) is 9.36. The molecule has 0 unspecified atom stereocenters. The van der Waals surface area contributed by atoms with Gasteiger partial charge >= 0.3 is 5.97 Å². The van der Waals surface area contributed by atoms with E-state index >= 15 is 0 Å². The Hall–Kier alpha value is -2.37. The zero-order valence-electron chi connectivity index (χ0n) is 13.8. The predicted octanol–water partition coefficient (Wildman–Crippen LogP) is 4.57. The first kappa shape index (κ1) is 19.9. The Kier molecular flexibility index (Phi) is 7.18. The van der Waals surface area contributed by atoms with Crippen LogP contribution in [0.1, 0.15) is 24.1 Å². The third-order valence-corrected chi connectivity index (χ3v) is 4.21. The molecule has 0 saturated heterocycles. The highest BCUT2D eigenvalue weighted by Gasteiger charge is 2.12. The molecular formula is C19H16Cl2FNO3. The number of rotatable bonds is 6. The van der Waals surface area contributed by atoms with Crippen LogP contribution in [0.5, 0.6) is 0 Å². The number of carbonyl (C=O) groups is 2. The summed E-state index contributed by atoms with van der Waals surface area (Å²) in [6.45, 7) is 1.31. The lowest BCUT2D eigenvalue weighted by atomic mass is 10.1. The van der Waals surface area contributed by atoms with Crippen LogP contribution in [-0.4, -0.2) is 18.5 Å². The molecule has 1 N–H and O–H groups in total. The second-order valence-electron chi connectivity index (χ2n) is 5.43. The lowest BCUT2D eigenvalue weighted by Crippen LogP contribution is -2.30. The van der Waals surface area contributed by atoms with Crippen LogP contribution < -0.4 is 5.32 Å². The molecule has 4 nitrogen and oxygen atoms in total. The predicted molar refractivity (Wildman–Crippen MR) is 99.4 cm³/mol. The average Bonchev–Trinajstić information content (AvgIpc) is 2.61. The molecule has 2 aromatic rings. The van der Waals surface area contributed by atoms with Crippen molar-refractivity contribution in [1.82, 2.24) is 5.32 Å². The van der Waals surface area contributed by atoms with Crippen LogP contribution in [-0.2, 0) is 14.3 Å². The van der Waals surface area contributed by atoms with E-state index in [1.165, 1.54) is 18.2 Å². The molecule has 7 heteroatoms. The summed E-state index contributed by atoms with van der Waals surface area (Å²) in [5, 5.41) is 3.48. The normalized spacial score (nSPS) is 12.0. The summed E-state index contributed by atoms with van der Waals surface area (Å²) in [6, 6.07) is 10.7. The van der Waals surface area contributed by atoms with Gasteiger partial charge in [-0.15, -0.1) is 0 Å². The topological polar surface area (TPSA) is 55.4 Å². The molecule has 0 bridgehead atoms. The van der Waals surface area contributed by atoms with Crippen LogP contribution in [0.25, 0.3) is 6.08 Å². The number of nitrogens with one attached hydrogen (secondary N) is 1. The summed E-state index contributed by atoms with van der Waals surface area (Å²) >= 11 is 11.8. The standard InChI is InChI=1S/C19H16Cl2FNO3/c1-12(14-6-8-15(20)16(21)10-14)23-18(24)11-26-19(25)9-7-13-4-2-3-5-17(13)22/h2-10,12H,11H2,1H3,(H,23,24)/b9-7+/t12-/m0/s1. The largest absolute Gasteiger partial charge is 0.452 e. The molecule has 136 valence electrons. The number of hydrogen-bond acceptors (Lipinski definition) is 3. The van der Waals surface area contributed by atoms with Crippen molar-refractivity contribution in [1.29, 1.82) is 0 Å². The molecule has 0 radical (unpaired) electrons.